The predicted octanol–water partition coefficient (Wildman–Crippen LogP) is 14.1. The smallest absolute Gasteiger partial charge is 0.160 e. The molecule has 0 N–H and O–H groups in total. The number of para-hydroxylation sites is 2. The van der Waals surface area contributed by atoms with Crippen molar-refractivity contribution in [3.05, 3.63) is 200 Å². The summed E-state index contributed by atoms with van der Waals surface area (Å²) in [7, 11) is 0. The van der Waals surface area contributed by atoms with Gasteiger partial charge in [-0.05, 0) is 64.7 Å². The fourth-order valence-electron chi connectivity index (χ4n) is 8.09. The molecule has 0 spiro atoms. The molecule has 0 radical (unpaired) electrons. The molecule has 3 heterocycles. The molecule has 0 aliphatic heterocycles. The molecule has 8 aromatic carbocycles. The van der Waals surface area contributed by atoms with Gasteiger partial charge in [0.1, 0.15) is 11.2 Å². The highest BCUT2D eigenvalue weighted by atomic mass is 16.3. The second kappa shape index (κ2) is 13.6. The van der Waals surface area contributed by atoms with Crippen LogP contribution in [0, 0.1) is 0 Å². The first-order valence-corrected chi connectivity index (χ1v) is 19.2. The summed E-state index contributed by atoms with van der Waals surface area (Å²) >= 11 is 0. The number of hydrogen-bond acceptors (Lipinski definition) is 4. The Morgan fingerprint density at radius 2 is 0.825 bits per heavy atom. The summed E-state index contributed by atoms with van der Waals surface area (Å²) < 4.78 is 6.60. The molecule has 0 saturated carbocycles. The van der Waals surface area contributed by atoms with Gasteiger partial charge in [0.25, 0.3) is 0 Å². The molecule has 11 rings (SSSR count). The maximum Gasteiger partial charge on any atom is 0.160 e. The number of benzene rings is 8. The molecule has 4 heteroatoms. The molecular formula is C53H33N3O. The fraction of sp³-hybridized carbons (Fsp3) is 0. The fourth-order valence-corrected chi connectivity index (χ4v) is 8.09. The minimum Gasteiger partial charge on any atom is -0.455 e. The normalized spacial score (nSPS) is 11.5. The molecule has 0 saturated heterocycles. The van der Waals surface area contributed by atoms with E-state index in [9.17, 15) is 0 Å². The Morgan fingerprint density at radius 3 is 1.53 bits per heavy atom. The van der Waals surface area contributed by atoms with Crippen molar-refractivity contribution in [2.75, 3.05) is 0 Å². The predicted molar refractivity (Wildman–Crippen MR) is 235 cm³/mol. The lowest BCUT2D eigenvalue weighted by atomic mass is 9.96. The van der Waals surface area contributed by atoms with E-state index in [-0.39, 0.29) is 0 Å². The zero-order chi connectivity index (χ0) is 37.7. The average molecular weight is 728 g/mol. The quantitative estimate of drug-likeness (QED) is 0.160. The maximum atomic E-state index is 6.60. The van der Waals surface area contributed by atoms with Gasteiger partial charge in [-0.1, -0.05) is 158 Å². The van der Waals surface area contributed by atoms with Crippen molar-refractivity contribution >= 4 is 43.6 Å². The summed E-state index contributed by atoms with van der Waals surface area (Å²) in [6.45, 7) is 0. The molecule has 0 amide bonds. The zero-order valence-corrected chi connectivity index (χ0v) is 30.8. The lowest BCUT2D eigenvalue weighted by Gasteiger charge is -2.13. The van der Waals surface area contributed by atoms with Crippen molar-refractivity contribution in [3.63, 3.8) is 0 Å². The highest BCUT2D eigenvalue weighted by Crippen LogP contribution is 2.41. The third-order valence-corrected chi connectivity index (χ3v) is 10.9. The number of pyridine rings is 1. The van der Waals surface area contributed by atoms with Crippen LogP contribution in [-0.4, -0.2) is 15.0 Å². The monoisotopic (exact) mass is 727 g/mol. The molecule has 4 nitrogen and oxygen atoms in total. The van der Waals surface area contributed by atoms with Crippen LogP contribution in [0.5, 0.6) is 0 Å². The molecule has 0 atom stereocenters. The van der Waals surface area contributed by atoms with Gasteiger partial charge in [0.05, 0.1) is 22.6 Å². The van der Waals surface area contributed by atoms with Crippen molar-refractivity contribution in [3.8, 4) is 67.4 Å². The van der Waals surface area contributed by atoms with Gasteiger partial charge in [0.15, 0.2) is 5.82 Å². The summed E-state index contributed by atoms with van der Waals surface area (Å²) in [5.41, 5.74) is 13.8. The Morgan fingerprint density at radius 1 is 0.316 bits per heavy atom. The van der Waals surface area contributed by atoms with Crippen LogP contribution < -0.4 is 0 Å². The molecule has 266 valence electrons. The van der Waals surface area contributed by atoms with Crippen molar-refractivity contribution < 1.29 is 4.42 Å². The highest BCUT2D eigenvalue weighted by molar-refractivity contribution is 6.24. The van der Waals surface area contributed by atoms with Crippen LogP contribution in [0.3, 0.4) is 0 Å². The molecular weight excluding hydrogens is 695 g/mol. The van der Waals surface area contributed by atoms with E-state index in [2.05, 4.69) is 170 Å². The van der Waals surface area contributed by atoms with Gasteiger partial charge in [-0.3, -0.25) is 0 Å². The third kappa shape index (κ3) is 5.83. The first-order chi connectivity index (χ1) is 28.2. The van der Waals surface area contributed by atoms with E-state index >= 15 is 0 Å². The number of fused-ring (bicyclic) bond motifs is 7. The Bertz CT molecular complexity index is 3200. The summed E-state index contributed by atoms with van der Waals surface area (Å²) in [5.74, 6) is 0.664. The van der Waals surface area contributed by atoms with Crippen molar-refractivity contribution in [2.24, 2.45) is 0 Å². The number of rotatable bonds is 6. The van der Waals surface area contributed by atoms with Crippen LogP contribution in [0.2, 0.25) is 0 Å². The van der Waals surface area contributed by atoms with Gasteiger partial charge in [0, 0.05) is 49.2 Å². The van der Waals surface area contributed by atoms with Crippen molar-refractivity contribution in [2.45, 2.75) is 0 Å². The standard InChI is InChI=1S/C53H33N3O/c1-3-14-34(15-4-1)36-18-11-20-38(30-36)47-33-48(56-53(55-47)41-23-12-19-37(31-41)35-16-5-2-6-17-35)39-21-13-22-40(32-39)51-45-29-28-43-42-24-8-10-27-49(42)57-52(43)50(45)44-25-7-9-26-46(44)54-51/h1-33H. The van der Waals surface area contributed by atoms with Crippen LogP contribution in [0.4, 0.5) is 0 Å². The minimum atomic E-state index is 0.664. The lowest BCUT2D eigenvalue weighted by Crippen LogP contribution is -1.97. The van der Waals surface area contributed by atoms with Crippen molar-refractivity contribution in [1.29, 1.82) is 0 Å². The Labute approximate surface area is 329 Å². The van der Waals surface area contributed by atoms with Gasteiger partial charge in [-0.25, -0.2) is 15.0 Å². The Kier molecular flexibility index (Phi) is 7.78. The second-order valence-corrected chi connectivity index (χ2v) is 14.4. The van der Waals surface area contributed by atoms with E-state index in [1.165, 1.54) is 0 Å². The average Bonchev–Trinajstić information content (AvgIpc) is 3.68. The van der Waals surface area contributed by atoms with E-state index in [1.807, 2.05) is 30.3 Å². The summed E-state index contributed by atoms with van der Waals surface area (Å²) in [4.78, 5) is 15.8. The maximum absolute atomic E-state index is 6.60. The minimum absolute atomic E-state index is 0.664. The molecule has 0 bridgehead atoms. The molecule has 57 heavy (non-hydrogen) atoms. The van der Waals surface area contributed by atoms with E-state index in [0.29, 0.717) is 5.82 Å². The van der Waals surface area contributed by atoms with Gasteiger partial charge in [-0.2, -0.15) is 0 Å². The van der Waals surface area contributed by atoms with Crippen molar-refractivity contribution in [1.82, 2.24) is 15.0 Å². The largest absolute Gasteiger partial charge is 0.455 e. The topological polar surface area (TPSA) is 51.8 Å². The molecule has 3 aromatic heterocycles. The molecule has 0 fully saturated rings. The molecule has 0 unspecified atom stereocenters. The van der Waals surface area contributed by atoms with E-state index in [1.54, 1.807) is 0 Å². The van der Waals surface area contributed by atoms with Gasteiger partial charge >= 0.3 is 0 Å². The number of nitrogens with zero attached hydrogens (tertiary/aromatic N) is 3. The van der Waals surface area contributed by atoms with Crippen LogP contribution in [0.1, 0.15) is 0 Å². The number of furan rings is 1. The second-order valence-electron chi connectivity index (χ2n) is 14.4. The summed E-state index contributed by atoms with van der Waals surface area (Å²) in [6, 6.07) is 69.6. The first-order valence-electron chi connectivity index (χ1n) is 19.2. The van der Waals surface area contributed by atoms with Crippen LogP contribution in [-0.2, 0) is 0 Å². The highest BCUT2D eigenvalue weighted by Gasteiger charge is 2.18. The van der Waals surface area contributed by atoms with E-state index < -0.39 is 0 Å². The van der Waals surface area contributed by atoms with Crippen LogP contribution in [0.25, 0.3) is 111 Å². The Balaban J connectivity index is 1.10. The molecule has 0 aliphatic carbocycles. The lowest BCUT2D eigenvalue weighted by molar-refractivity contribution is 0.673. The SMILES string of the molecule is c1ccc(-c2cccc(-c3cc(-c4cccc(-c5nc6ccccc6c6c5ccc5c7ccccc7oc56)c4)nc(-c4cccc(-c5ccccc5)c4)n3)c2)cc1. The summed E-state index contributed by atoms with van der Waals surface area (Å²) in [5, 5.41) is 5.38. The number of aromatic nitrogens is 3. The molecule has 11 aromatic rings. The number of hydrogen-bond donors (Lipinski definition) is 0. The zero-order valence-electron chi connectivity index (χ0n) is 30.8. The molecule has 0 aliphatic rings. The Hall–Kier alpha value is -7.69. The van der Waals surface area contributed by atoms with Crippen LogP contribution in [0.15, 0.2) is 205 Å². The first kappa shape index (κ1) is 32.7. The summed E-state index contributed by atoms with van der Waals surface area (Å²) in [6.07, 6.45) is 0. The van der Waals surface area contributed by atoms with E-state index in [4.69, 9.17) is 19.4 Å². The van der Waals surface area contributed by atoms with Gasteiger partial charge in [-0.15, -0.1) is 0 Å². The van der Waals surface area contributed by atoms with Crippen LogP contribution >= 0.6 is 0 Å². The van der Waals surface area contributed by atoms with Gasteiger partial charge in [0.2, 0.25) is 0 Å². The third-order valence-electron chi connectivity index (χ3n) is 10.9. The van der Waals surface area contributed by atoms with E-state index in [0.717, 1.165) is 105 Å². The van der Waals surface area contributed by atoms with Gasteiger partial charge < -0.3 is 4.42 Å².